The zero-order valence-corrected chi connectivity index (χ0v) is 12.9. The molecule has 0 radical (unpaired) electrons. The van der Waals surface area contributed by atoms with Crippen LogP contribution in [0, 0.1) is 11.7 Å². The summed E-state index contributed by atoms with van der Waals surface area (Å²) in [5.74, 6) is 0.301. The van der Waals surface area contributed by atoms with E-state index in [0.29, 0.717) is 5.92 Å². The molecule has 0 aliphatic heterocycles. The fourth-order valence-corrected chi connectivity index (χ4v) is 2.80. The average Bonchev–Trinajstić information content (AvgIpc) is 3.24. The molecule has 1 aliphatic carbocycles. The second-order valence-electron chi connectivity index (χ2n) is 5.37. The van der Waals surface area contributed by atoms with Gasteiger partial charge in [0.2, 0.25) is 0 Å². The molecule has 0 saturated heterocycles. The molecule has 2 nitrogen and oxygen atoms in total. The lowest BCUT2D eigenvalue weighted by Gasteiger charge is -2.28. The van der Waals surface area contributed by atoms with E-state index in [0.717, 1.165) is 25.1 Å². The van der Waals surface area contributed by atoms with Crippen LogP contribution >= 0.6 is 11.6 Å². The van der Waals surface area contributed by atoms with Crippen molar-refractivity contribution in [2.45, 2.75) is 45.3 Å². The quantitative estimate of drug-likeness (QED) is 0.788. The molecule has 2 atom stereocenters. The molecular weight excluding hydrogens is 277 g/mol. The Hall–Kier alpha value is -0.640. The summed E-state index contributed by atoms with van der Waals surface area (Å²) < 4.78 is 19.5. The highest BCUT2D eigenvalue weighted by Crippen LogP contribution is 2.36. The molecule has 0 bridgehead atoms. The normalized spacial score (nSPS) is 18.0. The Morgan fingerprint density at radius 2 is 2.15 bits per heavy atom. The van der Waals surface area contributed by atoms with Crippen LogP contribution in [0.4, 0.5) is 4.39 Å². The Balaban J connectivity index is 2.08. The van der Waals surface area contributed by atoms with Gasteiger partial charge in [-0.3, -0.25) is 0 Å². The van der Waals surface area contributed by atoms with Gasteiger partial charge in [0, 0.05) is 12.6 Å². The smallest absolute Gasteiger partial charge is 0.142 e. The first kappa shape index (κ1) is 15.7. The predicted molar refractivity (Wildman–Crippen MR) is 80.7 cm³/mol. The number of likely N-dealkylation sites (N-methyl/N-ethyl adjacent to an activating group) is 1. The third-order valence-electron chi connectivity index (χ3n) is 3.75. The van der Waals surface area contributed by atoms with E-state index < -0.39 is 0 Å². The van der Waals surface area contributed by atoms with Gasteiger partial charge in [0.25, 0.3) is 0 Å². The molecule has 0 aromatic heterocycles. The Bertz CT molecular complexity index is 436. The lowest BCUT2D eigenvalue weighted by Crippen LogP contribution is -2.44. The topological polar surface area (TPSA) is 21.3 Å². The van der Waals surface area contributed by atoms with Crippen LogP contribution in [0.1, 0.15) is 32.3 Å². The first-order valence-electron chi connectivity index (χ1n) is 7.44. The van der Waals surface area contributed by atoms with E-state index in [-0.39, 0.29) is 23.0 Å². The number of halogens is 2. The Morgan fingerprint density at radius 3 is 2.70 bits per heavy atom. The summed E-state index contributed by atoms with van der Waals surface area (Å²) in [6.45, 7) is 5.72. The molecule has 2 rings (SSSR count). The molecule has 4 heteroatoms. The van der Waals surface area contributed by atoms with Gasteiger partial charge in [0.15, 0.2) is 0 Å². The van der Waals surface area contributed by atoms with Gasteiger partial charge in [-0.15, -0.1) is 0 Å². The van der Waals surface area contributed by atoms with E-state index in [9.17, 15) is 4.39 Å². The zero-order chi connectivity index (χ0) is 14.5. The summed E-state index contributed by atoms with van der Waals surface area (Å²) in [4.78, 5) is 0. The third kappa shape index (κ3) is 4.18. The minimum Gasteiger partial charge on any atom is -0.377 e. The Kier molecular flexibility index (Phi) is 5.82. The van der Waals surface area contributed by atoms with Gasteiger partial charge in [0.1, 0.15) is 5.82 Å². The van der Waals surface area contributed by atoms with Gasteiger partial charge >= 0.3 is 0 Å². The first-order chi connectivity index (χ1) is 9.65. The van der Waals surface area contributed by atoms with E-state index in [1.165, 1.54) is 18.9 Å². The monoisotopic (exact) mass is 299 g/mol. The molecule has 1 N–H and O–H groups in total. The molecule has 1 saturated carbocycles. The summed E-state index contributed by atoms with van der Waals surface area (Å²) in [6, 6.07) is 5.28. The van der Waals surface area contributed by atoms with E-state index >= 15 is 0 Å². The molecule has 1 aromatic carbocycles. The molecule has 20 heavy (non-hydrogen) atoms. The van der Waals surface area contributed by atoms with Gasteiger partial charge in [-0.2, -0.15) is 0 Å². The summed E-state index contributed by atoms with van der Waals surface area (Å²) in [7, 11) is 0. The summed E-state index contributed by atoms with van der Waals surface area (Å²) in [5.41, 5.74) is 0.961. The van der Waals surface area contributed by atoms with Gasteiger partial charge in [-0.25, -0.2) is 4.39 Å². The molecule has 1 aromatic rings. The van der Waals surface area contributed by atoms with E-state index in [1.807, 2.05) is 13.0 Å². The first-order valence-corrected chi connectivity index (χ1v) is 7.82. The van der Waals surface area contributed by atoms with E-state index in [4.69, 9.17) is 16.3 Å². The van der Waals surface area contributed by atoms with Gasteiger partial charge in [-0.1, -0.05) is 24.6 Å². The molecular formula is C16H23ClFNO. The van der Waals surface area contributed by atoms with Crippen molar-refractivity contribution < 1.29 is 9.13 Å². The van der Waals surface area contributed by atoms with Crippen LogP contribution in [0.2, 0.25) is 5.02 Å². The van der Waals surface area contributed by atoms with Crippen LogP contribution in [-0.4, -0.2) is 25.3 Å². The highest BCUT2D eigenvalue weighted by atomic mass is 35.5. The van der Waals surface area contributed by atoms with Crippen LogP contribution in [0.25, 0.3) is 0 Å². The number of ether oxygens (including phenoxy) is 1. The Labute approximate surface area is 125 Å². The molecule has 1 fully saturated rings. The van der Waals surface area contributed by atoms with Crippen molar-refractivity contribution in [2.24, 2.45) is 5.92 Å². The Morgan fingerprint density at radius 1 is 1.40 bits per heavy atom. The second-order valence-corrected chi connectivity index (χ2v) is 5.78. The van der Waals surface area contributed by atoms with Crippen LogP contribution in [0.5, 0.6) is 0 Å². The highest BCUT2D eigenvalue weighted by Gasteiger charge is 2.36. The predicted octanol–water partition coefficient (Wildman–Crippen LogP) is 3.81. The van der Waals surface area contributed by atoms with Gasteiger partial charge in [0.05, 0.1) is 11.1 Å². The van der Waals surface area contributed by atoms with Crippen LogP contribution < -0.4 is 5.32 Å². The molecule has 112 valence electrons. The maximum atomic E-state index is 13.6. The molecule has 0 heterocycles. The fourth-order valence-electron chi connectivity index (χ4n) is 2.69. The van der Waals surface area contributed by atoms with Crippen molar-refractivity contribution in [3.05, 3.63) is 34.6 Å². The fraction of sp³-hybridized carbons (Fsp3) is 0.625. The summed E-state index contributed by atoms with van der Waals surface area (Å²) >= 11 is 5.74. The zero-order valence-electron chi connectivity index (χ0n) is 12.2. The second kappa shape index (κ2) is 7.39. The SMILES string of the molecule is CCNC(Cc1ccc(Cl)c(F)c1)C(OCC)C1CC1. The van der Waals surface area contributed by atoms with Crippen molar-refractivity contribution >= 4 is 11.6 Å². The van der Waals surface area contributed by atoms with E-state index in [2.05, 4.69) is 12.2 Å². The molecule has 2 unspecified atom stereocenters. The largest absolute Gasteiger partial charge is 0.377 e. The summed E-state index contributed by atoms with van der Waals surface area (Å²) in [6.07, 6.45) is 3.46. The number of hydrogen-bond acceptors (Lipinski definition) is 2. The van der Waals surface area contributed by atoms with Crippen molar-refractivity contribution in [1.82, 2.24) is 5.32 Å². The van der Waals surface area contributed by atoms with Gasteiger partial charge < -0.3 is 10.1 Å². The number of nitrogens with one attached hydrogen (secondary N) is 1. The van der Waals surface area contributed by atoms with Crippen LogP contribution in [-0.2, 0) is 11.2 Å². The van der Waals surface area contributed by atoms with Gasteiger partial charge in [-0.05, 0) is 56.3 Å². The standard InChI is InChI=1S/C16H23ClFNO/c1-3-19-15(16(20-4-2)12-6-7-12)10-11-5-8-13(17)14(18)9-11/h5,8-9,12,15-16,19H,3-4,6-7,10H2,1-2H3. The van der Waals surface area contributed by atoms with Crippen LogP contribution in [0.3, 0.4) is 0 Å². The van der Waals surface area contributed by atoms with Crippen molar-refractivity contribution in [3.8, 4) is 0 Å². The van der Waals surface area contributed by atoms with E-state index in [1.54, 1.807) is 6.07 Å². The maximum Gasteiger partial charge on any atom is 0.142 e. The van der Waals surface area contributed by atoms with Crippen LogP contribution in [0.15, 0.2) is 18.2 Å². The number of hydrogen-bond donors (Lipinski definition) is 1. The summed E-state index contributed by atoms with van der Waals surface area (Å²) in [5, 5.41) is 3.67. The van der Waals surface area contributed by atoms with Crippen molar-refractivity contribution in [3.63, 3.8) is 0 Å². The molecule has 1 aliphatic rings. The lowest BCUT2D eigenvalue weighted by molar-refractivity contribution is 0.0196. The number of benzene rings is 1. The highest BCUT2D eigenvalue weighted by molar-refractivity contribution is 6.30. The maximum absolute atomic E-state index is 13.6. The average molecular weight is 300 g/mol. The molecule has 0 amide bonds. The number of rotatable bonds is 8. The minimum atomic E-state index is -0.348. The van der Waals surface area contributed by atoms with Crippen molar-refractivity contribution in [1.29, 1.82) is 0 Å². The minimum absolute atomic E-state index is 0.178. The third-order valence-corrected chi connectivity index (χ3v) is 4.05. The van der Waals surface area contributed by atoms with Crippen molar-refractivity contribution in [2.75, 3.05) is 13.2 Å². The lowest BCUT2D eigenvalue weighted by atomic mass is 9.98. The molecule has 0 spiro atoms.